The molecule has 1 aliphatic rings. The highest BCUT2D eigenvalue weighted by molar-refractivity contribution is 6.32. The van der Waals surface area contributed by atoms with Crippen molar-refractivity contribution in [1.29, 1.82) is 5.26 Å². The van der Waals surface area contributed by atoms with E-state index >= 15 is 0 Å². The van der Waals surface area contributed by atoms with Crippen molar-refractivity contribution in [1.82, 2.24) is 9.55 Å². The van der Waals surface area contributed by atoms with E-state index in [1.807, 2.05) is 6.07 Å². The quantitative estimate of drug-likeness (QED) is 0.465. The van der Waals surface area contributed by atoms with E-state index in [0.717, 1.165) is 10.6 Å². The van der Waals surface area contributed by atoms with Crippen LogP contribution in [0.1, 0.15) is 22.7 Å². The first-order chi connectivity index (χ1) is 15.8. The van der Waals surface area contributed by atoms with E-state index in [-0.39, 0.29) is 55.2 Å². The SMILES string of the molecule is N#CC1=c2oc(=O)/c(=C\c3c(F)cccc3Cl)n2-c2oc(N)nc2[C@@H]1c1c(F)cccc1Cl. The monoisotopic (exact) mass is 486 g/mol. The number of fused-ring (bicyclic) bond motifs is 3. The molecule has 164 valence electrons. The topological polar surface area (TPSA) is 111 Å². The molecule has 2 aromatic carbocycles. The van der Waals surface area contributed by atoms with Crippen molar-refractivity contribution in [3.8, 4) is 12.0 Å². The Balaban J connectivity index is 1.95. The Labute approximate surface area is 193 Å². The molecule has 7 nitrogen and oxygen atoms in total. The summed E-state index contributed by atoms with van der Waals surface area (Å²) in [4.78, 5) is 16.9. The van der Waals surface area contributed by atoms with Gasteiger partial charge < -0.3 is 14.6 Å². The highest BCUT2D eigenvalue weighted by Gasteiger charge is 2.38. The van der Waals surface area contributed by atoms with E-state index in [1.165, 1.54) is 36.4 Å². The Morgan fingerprint density at radius 1 is 1.12 bits per heavy atom. The molecule has 0 bridgehead atoms. The first-order valence-corrected chi connectivity index (χ1v) is 10.1. The summed E-state index contributed by atoms with van der Waals surface area (Å²) < 4.78 is 41.2. The molecule has 33 heavy (non-hydrogen) atoms. The van der Waals surface area contributed by atoms with Crippen molar-refractivity contribution >= 4 is 40.9 Å². The van der Waals surface area contributed by atoms with E-state index in [0.29, 0.717) is 0 Å². The van der Waals surface area contributed by atoms with E-state index in [1.54, 1.807) is 0 Å². The van der Waals surface area contributed by atoms with E-state index < -0.39 is 23.2 Å². The second-order valence-electron chi connectivity index (χ2n) is 7.03. The van der Waals surface area contributed by atoms with E-state index in [2.05, 4.69) is 4.98 Å². The van der Waals surface area contributed by atoms with Crippen molar-refractivity contribution in [3.63, 3.8) is 0 Å². The van der Waals surface area contributed by atoms with Gasteiger partial charge in [-0.1, -0.05) is 35.3 Å². The maximum absolute atomic E-state index is 14.8. The number of oxazole rings is 2. The van der Waals surface area contributed by atoms with Gasteiger partial charge in [-0.2, -0.15) is 10.2 Å². The van der Waals surface area contributed by atoms with Crippen LogP contribution >= 0.6 is 23.2 Å². The fraction of sp³-hybridized carbons (Fsp3) is 0.0455. The molecule has 4 aromatic rings. The predicted octanol–water partition coefficient (Wildman–Crippen LogP) is 3.23. The number of benzene rings is 2. The van der Waals surface area contributed by atoms with Crippen LogP contribution in [0.15, 0.2) is 50.0 Å². The standard InChI is InChI=1S/C22H10Cl2F2N4O3/c23-11-3-1-5-13(25)9(11)7-15-21(31)32-19-10(8-27)16(17-12(24)4-2-6-14(17)26)18-20(30(15)19)33-22(28)29-18/h1-7,16H,(H2,28,29)/b15-7+/t16-/m0/s1. The number of aromatic nitrogens is 2. The maximum atomic E-state index is 14.8. The summed E-state index contributed by atoms with van der Waals surface area (Å²) in [7, 11) is 0. The second-order valence-corrected chi connectivity index (χ2v) is 7.85. The lowest BCUT2D eigenvalue weighted by Crippen LogP contribution is -2.35. The summed E-state index contributed by atoms with van der Waals surface area (Å²) in [5.74, 6) is -2.67. The molecule has 0 unspecified atom stereocenters. The number of hydrogen-bond donors (Lipinski definition) is 1. The van der Waals surface area contributed by atoms with Crippen LogP contribution in [-0.2, 0) is 0 Å². The first kappa shape index (κ1) is 21.0. The van der Waals surface area contributed by atoms with Crippen LogP contribution in [0.3, 0.4) is 0 Å². The zero-order valence-electron chi connectivity index (χ0n) is 16.3. The van der Waals surface area contributed by atoms with Gasteiger partial charge in [0.25, 0.3) is 6.01 Å². The third kappa shape index (κ3) is 3.15. The van der Waals surface area contributed by atoms with E-state index in [4.69, 9.17) is 37.8 Å². The fourth-order valence-corrected chi connectivity index (χ4v) is 4.29. The molecule has 0 spiro atoms. The second kappa shape index (κ2) is 7.62. The van der Waals surface area contributed by atoms with Crippen LogP contribution in [0.25, 0.3) is 17.5 Å². The largest absolute Gasteiger partial charge is 0.406 e. The van der Waals surface area contributed by atoms with Crippen molar-refractivity contribution in [2.75, 3.05) is 5.73 Å². The molecule has 0 amide bonds. The van der Waals surface area contributed by atoms with Gasteiger partial charge in [-0.05, 0) is 30.3 Å². The molecule has 0 radical (unpaired) electrons. The lowest BCUT2D eigenvalue weighted by Gasteiger charge is -2.20. The van der Waals surface area contributed by atoms with Gasteiger partial charge in [0.1, 0.15) is 34.3 Å². The molecule has 2 N–H and O–H groups in total. The number of nitrogen functional groups attached to an aromatic ring is 1. The van der Waals surface area contributed by atoms with Gasteiger partial charge in [-0.25, -0.2) is 18.1 Å². The molecule has 0 aliphatic carbocycles. The highest BCUT2D eigenvalue weighted by atomic mass is 35.5. The van der Waals surface area contributed by atoms with Gasteiger partial charge in [0, 0.05) is 16.1 Å². The number of nitrogens with two attached hydrogens (primary N) is 1. The number of nitrogens with zero attached hydrogens (tertiary/aromatic N) is 3. The third-order valence-corrected chi connectivity index (χ3v) is 5.84. The van der Waals surface area contributed by atoms with Gasteiger partial charge in [0.15, 0.2) is 0 Å². The van der Waals surface area contributed by atoms with E-state index in [9.17, 15) is 18.8 Å². The highest BCUT2D eigenvalue weighted by Crippen LogP contribution is 2.41. The van der Waals surface area contributed by atoms with Crippen molar-refractivity contribution in [2.45, 2.75) is 5.92 Å². The summed E-state index contributed by atoms with van der Waals surface area (Å²) >= 11 is 12.3. The van der Waals surface area contributed by atoms with Crippen LogP contribution in [0, 0.1) is 23.0 Å². The Morgan fingerprint density at radius 3 is 2.48 bits per heavy atom. The molecule has 1 atom stereocenters. The lowest BCUT2D eigenvalue weighted by atomic mass is 9.87. The number of hydrogen-bond acceptors (Lipinski definition) is 6. The first-order valence-electron chi connectivity index (χ1n) is 9.34. The normalized spacial score (nSPS) is 15.3. The summed E-state index contributed by atoms with van der Waals surface area (Å²) in [6.07, 6.45) is 1.15. The fourth-order valence-electron chi connectivity index (χ4n) is 3.80. The zero-order chi connectivity index (χ0) is 23.4. The number of anilines is 1. The maximum Gasteiger partial charge on any atom is 0.362 e. The summed E-state index contributed by atoms with van der Waals surface area (Å²) in [6.45, 7) is 0. The van der Waals surface area contributed by atoms with Crippen molar-refractivity contribution in [3.05, 3.63) is 96.2 Å². The van der Waals surface area contributed by atoms with Crippen molar-refractivity contribution in [2.24, 2.45) is 0 Å². The lowest BCUT2D eigenvalue weighted by molar-refractivity contribution is 0.454. The zero-order valence-corrected chi connectivity index (χ0v) is 17.8. The van der Waals surface area contributed by atoms with Gasteiger partial charge in [0.2, 0.25) is 11.4 Å². The number of nitriles is 1. The Bertz CT molecular complexity index is 1640. The molecule has 0 fully saturated rings. The molecule has 0 saturated heterocycles. The third-order valence-electron chi connectivity index (χ3n) is 5.18. The molecule has 0 saturated carbocycles. The average molecular weight is 487 g/mol. The minimum absolute atomic E-state index is 0.0209. The molecular weight excluding hydrogens is 477 g/mol. The van der Waals surface area contributed by atoms with Crippen LogP contribution in [0.4, 0.5) is 14.8 Å². The smallest absolute Gasteiger partial charge is 0.362 e. The molecule has 11 heteroatoms. The minimum atomic E-state index is -1.17. The Morgan fingerprint density at radius 2 is 1.82 bits per heavy atom. The number of halogens is 4. The van der Waals surface area contributed by atoms with Gasteiger partial charge in [-0.3, -0.25) is 0 Å². The van der Waals surface area contributed by atoms with Crippen LogP contribution in [0.5, 0.6) is 0 Å². The van der Waals surface area contributed by atoms with Crippen LogP contribution in [-0.4, -0.2) is 9.55 Å². The summed E-state index contributed by atoms with van der Waals surface area (Å²) in [5.41, 5.74) is 4.31. The molecule has 3 heterocycles. The van der Waals surface area contributed by atoms with Gasteiger partial charge in [0.05, 0.1) is 10.9 Å². The van der Waals surface area contributed by atoms with Gasteiger partial charge in [-0.15, -0.1) is 0 Å². The predicted molar refractivity (Wildman–Crippen MR) is 115 cm³/mol. The summed E-state index contributed by atoms with van der Waals surface area (Å²) in [5, 5.41) is 9.81. The molecular formula is C22H10Cl2F2N4O3. The average Bonchev–Trinajstić information content (AvgIpc) is 3.29. The van der Waals surface area contributed by atoms with Crippen LogP contribution in [0.2, 0.25) is 10.0 Å². The minimum Gasteiger partial charge on any atom is -0.406 e. The van der Waals surface area contributed by atoms with Crippen molar-refractivity contribution < 1.29 is 17.6 Å². The Kier molecular flexibility index (Phi) is 4.85. The Hall–Kier alpha value is -3.87. The molecule has 2 aromatic heterocycles. The molecule has 1 aliphatic heterocycles. The summed E-state index contributed by atoms with van der Waals surface area (Å²) in [6, 6.07) is 9.67. The molecule has 5 rings (SSSR count). The van der Waals surface area contributed by atoms with Crippen LogP contribution < -0.4 is 22.3 Å². The van der Waals surface area contributed by atoms with Gasteiger partial charge >= 0.3 is 5.63 Å². The number of rotatable bonds is 2.